The maximum atomic E-state index is 13.2. The fourth-order valence-corrected chi connectivity index (χ4v) is 4.15. The van der Waals surface area contributed by atoms with Crippen LogP contribution in [-0.2, 0) is 0 Å². The number of aromatic amines is 1. The first-order chi connectivity index (χ1) is 15.0. The second-order valence-corrected chi connectivity index (χ2v) is 7.99. The van der Waals surface area contributed by atoms with Crippen LogP contribution in [0.5, 0.6) is 0 Å². The number of benzene rings is 1. The molecule has 1 aliphatic carbocycles. The summed E-state index contributed by atoms with van der Waals surface area (Å²) in [6.07, 6.45) is -0.498. The third kappa shape index (κ3) is 4.93. The van der Waals surface area contributed by atoms with Crippen molar-refractivity contribution in [3.63, 3.8) is 0 Å². The molecule has 1 amide bonds. The van der Waals surface area contributed by atoms with Gasteiger partial charge < -0.3 is 10.7 Å². The monoisotopic (exact) mass is 469 g/mol. The number of nitrogens with two attached hydrogens (primary N) is 1. The second-order valence-electron chi connectivity index (χ2n) is 7.61. The number of pyridine rings is 2. The molecule has 0 spiro atoms. The van der Waals surface area contributed by atoms with Crippen molar-refractivity contribution in [2.75, 3.05) is 0 Å². The SMILES string of the molecule is Cc1c(C2CCC(C(F)(F)F)C2)ccc(F)c1Cl.NC(=O)c1nccc2[nH]ccc(=O)c12. The third-order valence-corrected chi connectivity index (χ3v) is 6.08. The number of rotatable bonds is 2. The molecule has 1 fully saturated rings. The Bertz CT molecular complexity index is 1200. The maximum absolute atomic E-state index is 13.2. The van der Waals surface area contributed by atoms with Gasteiger partial charge in [-0.1, -0.05) is 17.7 Å². The molecule has 170 valence electrons. The zero-order chi connectivity index (χ0) is 23.6. The number of amides is 1. The van der Waals surface area contributed by atoms with E-state index in [1.165, 1.54) is 24.5 Å². The first kappa shape index (κ1) is 23.7. The van der Waals surface area contributed by atoms with E-state index in [0.29, 0.717) is 17.5 Å². The highest BCUT2D eigenvalue weighted by atomic mass is 35.5. The van der Waals surface area contributed by atoms with Gasteiger partial charge in [-0.15, -0.1) is 0 Å². The fourth-order valence-electron chi connectivity index (χ4n) is 3.98. The predicted octanol–water partition coefficient (Wildman–Crippen LogP) is 5.26. The number of primary amides is 1. The summed E-state index contributed by atoms with van der Waals surface area (Å²) >= 11 is 5.79. The average molecular weight is 470 g/mol. The number of H-pyrrole nitrogens is 1. The summed E-state index contributed by atoms with van der Waals surface area (Å²) in [6, 6.07) is 5.73. The van der Waals surface area contributed by atoms with Crippen LogP contribution in [0.1, 0.15) is 46.8 Å². The van der Waals surface area contributed by atoms with Crippen molar-refractivity contribution >= 4 is 28.4 Å². The van der Waals surface area contributed by atoms with Crippen LogP contribution in [-0.4, -0.2) is 22.1 Å². The van der Waals surface area contributed by atoms with Crippen LogP contribution < -0.4 is 11.2 Å². The van der Waals surface area contributed by atoms with Crippen LogP contribution in [0.25, 0.3) is 10.9 Å². The van der Waals surface area contributed by atoms with E-state index in [1.807, 2.05) is 0 Å². The molecule has 0 aliphatic heterocycles. The van der Waals surface area contributed by atoms with Crippen molar-refractivity contribution < 1.29 is 22.4 Å². The molecule has 0 bridgehead atoms. The lowest BCUT2D eigenvalue weighted by Crippen LogP contribution is -2.19. The Balaban J connectivity index is 0.000000186. The van der Waals surface area contributed by atoms with Gasteiger partial charge in [0, 0.05) is 18.5 Å². The highest BCUT2D eigenvalue weighted by molar-refractivity contribution is 6.31. The number of nitrogens with one attached hydrogen (secondary N) is 1. The van der Waals surface area contributed by atoms with Gasteiger partial charge in [-0.05, 0) is 55.4 Å². The Morgan fingerprint density at radius 1 is 1.22 bits per heavy atom. The zero-order valence-electron chi connectivity index (χ0n) is 17.0. The molecule has 3 aromatic rings. The summed E-state index contributed by atoms with van der Waals surface area (Å²) in [5, 5.41) is 0.255. The Hall–Kier alpha value is -2.94. The minimum atomic E-state index is -4.13. The van der Waals surface area contributed by atoms with E-state index in [1.54, 1.807) is 19.1 Å². The van der Waals surface area contributed by atoms with Crippen molar-refractivity contribution in [3.8, 4) is 0 Å². The van der Waals surface area contributed by atoms with Crippen LogP contribution in [0.3, 0.4) is 0 Å². The fraction of sp³-hybridized carbons (Fsp3) is 0.318. The number of aromatic nitrogens is 2. The average Bonchev–Trinajstić information content (AvgIpc) is 3.23. The lowest BCUT2D eigenvalue weighted by molar-refractivity contribution is -0.172. The van der Waals surface area contributed by atoms with Crippen LogP contribution in [0.2, 0.25) is 5.02 Å². The van der Waals surface area contributed by atoms with Crippen LogP contribution in [0.15, 0.2) is 41.5 Å². The van der Waals surface area contributed by atoms with E-state index < -0.39 is 23.8 Å². The molecule has 2 unspecified atom stereocenters. The number of carbonyl (C=O) groups is 1. The van der Waals surface area contributed by atoms with Gasteiger partial charge in [0.25, 0.3) is 5.91 Å². The van der Waals surface area contributed by atoms with Gasteiger partial charge in [-0.2, -0.15) is 13.2 Å². The first-order valence-corrected chi connectivity index (χ1v) is 10.2. The topological polar surface area (TPSA) is 88.8 Å². The molecular weight excluding hydrogens is 450 g/mol. The minimum absolute atomic E-state index is 0.00403. The number of fused-ring (bicyclic) bond motifs is 1. The quantitative estimate of drug-likeness (QED) is 0.502. The molecule has 10 heteroatoms. The highest BCUT2D eigenvalue weighted by Crippen LogP contribution is 2.47. The Morgan fingerprint density at radius 2 is 1.94 bits per heavy atom. The number of nitrogens with zero attached hydrogens (tertiary/aromatic N) is 1. The molecule has 5 nitrogen and oxygen atoms in total. The number of carbonyl (C=O) groups excluding carboxylic acids is 1. The van der Waals surface area contributed by atoms with Gasteiger partial charge in [-0.3, -0.25) is 14.6 Å². The van der Waals surface area contributed by atoms with E-state index in [9.17, 15) is 27.2 Å². The second kappa shape index (κ2) is 9.28. The molecule has 3 N–H and O–H groups in total. The summed E-state index contributed by atoms with van der Waals surface area (Å²) in [6.45, 7) is 1.65. The van der Waals surface area contributed by atoms with Crippen molar-refractivity contribution in [3.05, 3.63) is 74.5 Å². The van der Waals surface area contributed by atoms with E-state index in [2.05, 4.69) is 9.97 Å². The molecule has 0 radical (unpaired) electrons. The molecule has 32 heavy (non-hydrogen) atoms. The van der Waals surface area contributed by atoms with Gasteiger partial charge in [-0.25, -0.2) is 4.39 Å². The summed E-state index contributed by atoms with van der Waals surface area (Å²) < 4.78 is 51.0. The number of hydrogen-bond donors (Lipinski definition) is 2. The third-order valence-electron chi connectivity index (χ3n) is 5.62. The van der Waals surface area contributed by atoms with E-state index in [-0.39, 0.29) is 40.3 Å². The molecule has 2 heterocycles. The first-order valence-electron chi connectivity index (χ1n) is 9.78. The largest absolute Gasteiger partial charge is 0.391 e. The number of alkyl halides is 3. The Kier molecular flexibility index (Phi) is 6.88. The summed E-state index contributed by atoms with van der Waals surface area (Å²) in [4.78, 5) is 29.0. The molecule has 1 saturated carbocycles. The number of hydrogen-bond acceptors (Lipinski definition) is 3. The standard InChI is InChI=1S/C13H13ClF4.C9H7N3O2/c1-7-10(4-5-11(15)12(7)14)8-2-3-9(6-8)13(16,17)18;10-9(14)8-7-5(1-3-12-8)11-4-2-6(7)13/h4-5,8-9H,2-3,6H2,1H3;1-4H,(H2,10,14)(H,11,13). The predicted molar refractivity (Wildman–Crippen MR) is 113 cm³/mol. The van der Waals surface area contributed by atoms with Crippen molar-refractivity contribution in [1.29, 1.82) is 0 Å². The summed E-state index contributed by atoms with van der Waals surface area (Å²) in [7, 11) is 0. The summed E-state index contributed by atoms with van der Waals surface area (Å²) in [5.41, 5.74) is 6.70. The van der Waals surface area contributed by atoms with Gasteiger partial charge in [0.1, 0.15) is 11.5 Å². The Labute approximate surface area is 185 Å². The van der Waals surface area contributed by atoms with E-state index >= 15 is 0 Å². The van der Waals surface area contributed by atoms with Gasteiger partial charge in [0.2, 0.25) is 0 Å². The van der Waals surface area contributed by atoms with Crippen molar-refractivity contribution in [1.82, 2.24) is 9.97 Å². The highest BCUT2D eigenvalue weighted by Gasteiger charge is 2.44. The van der Waals surface area contributed by atoms with Gasteiger partial charge in [0.05, 0.1) is 21.8 Å². The Morgan fingerprint density at radius 3 is 2.56 bits per heavy atom. The minimum Gasteiger partial charge on any atom is -0.364 e. The normalized spacial score (nSPS) is 18.3. The maximum Gasteiger partial charge on any atom is 0.391 e. The van der Waals surface area contributed by atoms with Gasteiger partial charge >= 0.3 is 6.18 Å². The van der Waals surface area contributed by atoms with E-state index in [4.69, 9.17) is 17.3 Å². The van der Waals surface area contributed by atoms with Crippen LogP contribution >= 0.6 is 11.6 Å². The van der Waals surface area contributed by atoms with Crippen LogP contribution in [0, 0.1) is 18.7 Å². The molecule has 1 aromatic carbocycles. The molecule has 0 saturated heterocycles. The molecule has 2 aromatic heterocycles. The molecule has 4 rings (SSSR count). The summed E-state index contributed by atoms with van der Waals surface area (Å²) in [5.74, 6) is -2.64. The lowest BCUT2D eigenvalue weighted by Gasteiger charge is -2.17. The number of halogens is 5. The van der Waals surface area contributed by atoms with Crippen molar-refractivity contribution in [2.24, 2.45) is 11.7 Å². The molecule has 2 atom stereocenters. The van der Waals surface area contributed by atoms with E-state index in [0.717, 1.165) is 5.56 Å². The van der Waals surface area contributed by atoms with Crippen molar-refractivity contribution in [2.45, 2.75) is 38.3 Å². The zero-order valence-corrected chi connectivity index (χ0v) is 17.7. The van der Waals surface area contributed by atoms with Crippen LogP contribution in [0.4, 0.5) is 17.6 Å². The lowest BCUT2D eigenvalue weighted by atomic mass is 9.92. The van der Waals surface area contributed by atoms with Gasteiger partial charge in [0.15, 0.2) is 5.43 Å². The molecule has 1 aliphatic rings. The molecular formula is C22H20ClF4N3O2. The smallest absolute Gasteiger partial charge is 0.364 e.